The van der Waals surface area contributed by atoms with Crippen molar-refractivity contribution in [1.29, 1.82) is 0 Å². The van der Waals surface area contributed by atoms with E-state index in [9.17, 15) is 4.79 Å². The summed E-state index contributed by atoms with van der Waals surface area (Å²) in [6.07, 6.45) is 6.70. The van der Waals surface area contributed by atoms with Gasteiger partial charge >= 0.3 is 0 Å². The van der Waals surface area contributed by atoms with Crippen molar-refractivity contribution in [2.24, 2.45) is 0 Å². The summed E-state index contributed by atoms with van der Waals surface area (Å²) in [7, 11) is 2.12. The van der Waals surface area contributed by atoms with Crippen molar-refractivity contribution in [3.63, 3.8) is 0 Å². The summed E-state index contributed by atoms with van der Waals surface area (Å²) in [5.41, 5.74) is 2.56. The van der Waals surface area contributed by atoms with Crippen LogP contribution in [0.5, 0.6) is 0 Å². The van der Waals surface area contributed by atoms with E-state index in [0.29, 0.717) is 5.91 Å². The molecular formula is C19H26N4O. The molecule has 1 fully saturated rings. The number of hydrogen-bond donors (Lipinski definition) is 0. The maximum absolute atomic E-state index is 11.9. The molecule has 0 aliphatic carbocycles. The van der Waals surface area contributed by atoms with Gasteiger partial charge in [0.2, 0.25) is 5.91 Å². The minimum absolute atomic E-state index is 0.316. The smallest absolute Gasteiger partial charge is 0.222 e. The van der Waals surface area contributed by atoms with Gasteiger partial charge in [-0.25, -0.2) is 0 Å². The van der Waals surface area contributed by atoms with E-state index in [-0.39, 0.29) is 0 Å². The second kappa shape index (κ2) is 8.11. The Morgan fingerprint density at radius 2 is 2.08 bits per heavy atom. The zero-order valence-corrected chi connectivity index (χ0v) is 14.4. The van der Waals surface area contributed by atoms with Crippen molar-refractivity contribution < 1.29 is 4.79 Å². The molecule has 1 aliphatic rings. The van der Waals surface area contributed by atoms with Gasteiger partial charge < -0.3 is 9.80 Å². The largest absolute Gasteiger partial charge is 0.341 e. The van der Waals surface area contributed by atoms with Crippen LogP contribution < -0.4 is 0 Å². The third-order valence-corrected chi connectivity index (χ3v) is 4.52. The third kappa shape index (κ3) is 4.68. The molecule has 2 aromatic rings. The summed E-state index contributed by atoms with van der Waals surface area (Å²) in [4.78, 5) is 16.2. The molecule has 1 aliphatic heterocycles. The molecule has 0 atom stereocenters. The van der Waals surface area contributed by atoms with E-state index in [2.05, 4.69) is 41.3 Å². The lowest BCUT2D eigenvalue weighted by Gasteiger charge is -2.28. The van der Waals surface area contributed by atoms with Crippen LogP contribution in [0.1, 0.15) is 30.4 Å². The lowest BCUT2D eigenvalue weighted by molar-refractivity contribution is -0.133. The SMILES string of the molecule is CN(CCN1CCCCC1=O)Cc1cccc(Cn2cccn2)c1. The second-order valence-electron chi connectivity index (χ2n) is 6.60. The lowest BCUT2D eigenvalue weighted by atomic mass is 10.1. The summed E-state index contributed by atoms with van der Waals surface area (Å²) in [6, 6.07) is 10.6. The van der Waals surface area contributed by atoms with Crippen LogP contribution in [0, 0.1) is 0 Å². The average molecular weight is 326 g/mol. The Balaban J connectivity index is 1.50. The van der Waals surface area contributed by atoms with Crippen LogP contribution in [0.15, 0.2) is 42.7 Å². The zero-order valence-electron chi connectivity index (χ0n) is 14.4. The van der Waals surface area contributed by atoms with Gasteiger partial charge in [0, 0.05) is 45.0 Å². The first-order valence-electron chi connectivity index (χ1n) is 8.72. The number of likely N-dealkylation sites (N-methyl/N-ethyl adjacent to an activating group) is 1. The van der Waals surface area contributed by atoms with Crippen LogP contribution in [-0.4, -0.2) is 52.2 Å². The standard InChI is InChI=1S/C19H26N4O/c1-21(12-13-22-10-3-2-8-19(22)24)15-17-6-4-7-18(14-17)16-23-11-5-9-20-23/h4-7,9,11,14H,2-3,8,10,12-13,15-16H2,1H3. The molecule has 0 bridgehead atoms. The van der Waals surface area contributed by atoms with Crippen molar-refractivity contribution in [1.82, 2.24) is 19.6 Å². The van der Waals surface area contributed by atoms with Gasteiger partial charge in [-0.2, -0.15) is 5.10 Å². The number of carbonyl (C=O) groups is 1. The zero-order chi connectivity index (χ0) is 16.8. The fourth-order valence-electron chi connectivity index (χ4n) is 3.19. The lowest BCUT2D eigenvalue weighted by Crippen LogP contribution is -2.40. The Hall–Kier alpha value is -2.14. The van der Waals surface area contributed by atoms with Crippen LogP contribution in [0.3, 0.4) is 0 Å². The van der Waals surface area contributed by atoms with Crippen LogP contribution in [-0.2, 0) is 17.9 Å². The fraction of sp³-hybridized carbons (Fsp3) is 0.474. The monoisotopic (exact) mass is 326 g/mol. The average Bonchev–Trinajstić information content (AvgIpc) is 3.07. The molecular weight excluding hydrogens is 300 g/mol. The number of benzene rings is 1. The van der Waals surface area contributed by atoms with Crippen LogP contribution in [0.25, 0.3) is 0 Å². The minimum atomic E-state index is 0.316. The van der Waals surface area contributed by atoms with Crippen LogP contribution in [0.2, 0.25) is 0 Å². The number of carbonyl (C=O) groups excluding carboxylic acids is 1. The fourth-order valence-corrected chi connectivity index (χ4v) is 3.19. The molecule has 5 heteroatoms. The third-order valence-electron chi connectivity index (χ3n) is 4.52. The molecule has 0 spiro atoms. The molecule has 1 aromatic heterocycles. The first-order valence-corrected chi connectivity index (χ1v) is 8.72. The highest BCUT2D eigenvalue weighted by Gasteiger charge is 2.17. The normalized spacial score (nSPS) is 15.2. The van der Waals surface area contributed by atoms with Crippen molar-refractivity contribution in [2.75, 3.05) is 26.7 Å². The molecule has 1 aromatic carbocycles. The number of hydrogen-bond acceptors (Lipinski definition) is 3. The van der Waals surface area contributed by atoms with E-state index in [1.165, 1.54) is 11.1 Å². The van der Waals surface area contributed by atoms with Gasteiger partial charge in [0.25, 0.3) is 0 Å². The summed E-state index contributed by atoms with van der Waals surface area (Å²) < 4.78 is 1.94. The van der Waals surface area contributed by atoms with Crippen molar-refractivity contribution in [3.05, 3.63) is 53.9 Å². The number of likely N-dealkylation sites (tertiary alicyclic amines) is 1. The number of piperidine rings is 1. The molecule has 1 saturated heterocycles. The van der Waals surface area contributed by atoms with Crippen molar-refractivity contribution >= 4 is 5.91 Å². The van der Waals surface area contributed by atoms with E-state index >= 15 is 0 Å². The Morgan fingerprint density at radius 3 is 2.88 bits per heavy atom. The van der Waals surface area contributed by atoms with Crippen LogP contribution >= 0.6 is 0 Å². The van der Waals surface area contributed by atoms with Gasteiger partial charge in [-0.1, -0.05) is 24.3 Å². The summed E-state index contributed by atoms with van der Waals surface area (Å²) >= 11 is 0. The Kier molecular flexibility index (Phi) is 5.64. The molecule has 0 N–H and O–H groups in total. The topological polar surface area (TPSA) is 41.4 Å². The molecule has 0 radical (unpaired) electrons. The highest BCUT2D eigenvalue weighted by Crippen LogP contribution is 2.12. The van der Waals surface area contributed by atoms with Gasteiger partial charge in [-0.15, -0.1) is 0 Å². The van der Waals surface area contributed by atoms with E-state index in [0.717, 1.165) is 52.0 Å². The summed E-state index contributed by atoms with van der Waals surface area (Å²) in [5, 5.41) is 4.26. The van der Waals surface area contributed by atoms with Gasteiger partial charge in [0.1, 0.15) is 0 Å². The molecule has 1 amide bonds. The molecule has 5 nitrogen and oxygen atoms in total. The Labute approximate surface area is 143 Å². The highest BCUT2D eigenvalue weighted by atomic mass is 16.2. The highest BCUT2D eigenvalue weighted by molar-refractivity contribution is 5.76. The summed E-state index contributed by atoms with van der Waals surface area (Å²) in [6.45, 7) is 4.37. The Morgan fingerprint density at radius 1 is 1.21 bits per heavy atom. The number of rotatable bonds is 7. The van der Waals surface area contributed by atoms with Crippen molar-refractivity contribution in [3.8, 4) is 0 Å². The number of nitrogens with zero attached hydrogens (tertiary/aromatic N) is 4. The summed E-state index contributed by atoms with van der Waals surface area (Å²) in [5.74, 6) is 0.316. The van der Waals surface area contributed by atoms with E-state index in [4.69, 9.17) is 0 Å². The molecule has 0 saturated carbocycles. The maximum atomic E-state index is 11.9. The van der Waals surface area contributed by atoms with Gasteiger partial charge in [0.15, 0.2) is 0 Å². The minimum Gasteiger partial charge on any atom is -0.341 e. The Bertz CT molecular complexity index is 653. The van der Waals surface area contributed by atoms with Gasteiger partial charge in [-0.3, -0.25) is 9.48 Å². The predicted octanol–water partition coefficient (Wildman–Crippen LogP) is 2.38. The molecule has 3 rings (SSSR count). The second-order valence-corrected chi connectivity index (χ2v) is 6.60. The molecule has 2 heterocycles. The molecule has 24 heavy (non-hydrogen) atoms. The number of amides is 1. The van der Waals surface area contributed by atoms with Gasteiger partial charge in [-0.05, 0) is 37.1 Å². The first kappa shape index (κ1) is 16.7. The first-order chi connectivity index (χ1) is 11.7. The quantitative estimate of drug-likeness (QED) is 0.784. The molecule has 0 unspecified atom stereocenters. The van der Waals surface area contributed by atoms with Gasteiger partial charge in [0.05, 0.1) is 6.54 Å². The van der Waals surface area contributed by atoms with E-state index < -0.39 is 0 Å². The van der Waals surface area contributed by atoms with Crippen LogP contribution in [0.4, 0.5) is 0 Å². The molecule has 128 valence electrons. The predicted molar refractivity (Wildman–Crippen MR) is 94.5 cm³/mol. The van der Waals surface area contributed by atoms with Crippen molar-refractivity contribution in [2.45, 2.75) is 32.4 Å². The number of aromatic nitrogens is 2. The maximum Gasteiger partial charge on any atom is 0.222 e. The van der Waals surface area contributed by atoms with E-state index in [1.54, 1.807) is 6.20 Å². The van der Waals surface area contributed by atoms with E-state index in [1.807, 2.05) is 21.8 Å².